The van der Waals surface area contributed by atoms with Gasteiger partial charge >= 0.3 is 12.4 Å². The van der Waals surface area contributed by atoms with Crippen LogP contribution in [-0.2, 0) is 18.9 Å². The quantitative estimate of drug-likeness (QED) is 0.227. The lowest BCUT2D eigenvalue weighted by Crippen LogP contribution is -2.29. The number of aromatic nitrogens is 1. The third-order valence-electron chi connectivity index (χ3n) is 5.83. The predicted molar refractivity (Wildman–Crippen MR) is 125 cm³/mol. The van der Waals surface area contributed by atoms with Crippen molar-refractivity contribution in [2.75, 3.05) is 6.61 Å². The van der Waals surface area contributed by atoms with E-state index >= 15 is 0 Å². The van der Waals surface area contributed by atoms with Gasteiger partial charge in [-0.2, -0.15) is 31.6 Å². The van der Waals surface area contributed by atoms with E-state index in [2.05, 4.69) is 0 Å². The Labute approximate surface area is 220 Å². The maximum atomic E-state index is 14.4. The van der Waals surface area contributed by atoms with Gasteiger partial charge in [0.15, 0.2) is 5.76 Å². The first kappa shape index (κ1) is 28.4. The Morgan fingerprint density at radius 3 is 2.23 bits per heavy atom. The summed E-state index contributed by atoms with van der Waals surface area (Å²) in [5, 5.41) is 9.31. The molecule has 5 nitrogen and oxygen atoms in total. The van der Waals surface area contributed by atoms with Gasteiger partial charge in [0.25, 0.3) is 5.56 Å². The maximum absolute atomic E-state index is 14.4. The van der Waals surface area contributed by atoms with Crippen molar-refractivity contribution in [3.8, 4) is 34.4 Å². The monoisotopic (exact) mass is 568 g/mol. The minimum atomic E-state index is -5.13. The van der Waals surface area contributed by atoms with Gasteiger partial charge in [-0.1, -0.05) is 12.1 Å². The Bertz CT molecular complexity index is 1680. The van der Waals surface area contributed by atoms with Gasteiger partial charge in [0.2, 0.25) is 0 Å². The number of ether oxygens (including phenoxy) is 1. The smallest absolute Gasteiger partial charge is 0.419 e. The molecular formula is C27H16F8N2O3. The van der Waals surface area contributed by atoms with E-state index in [1.807, 2.05) is 0 Å². The third kappa shape index (κ3) is 5.56. The van der Waals surface area contributed by atoms with Gasteiger partial charge in [-0.15, -0.1) is 0 Å². The molecule has 0 fully saturated rings. The fourth-order valence-corrected chi connectivity index (χ4v) is 3.99. The highest BCUT2D eigenvalue weighted by molar-refractivity contribution is 5.71. The number of nitriles is 1. The van der Waals surface area contributed by atoms with Gasteiger partial charge in [-0.05, 0) is 42.8 Å². The second kappa shape index (κ2) is 10.5. The summed E-state index contributed by atoms with van der Waals surface area (Å²) in [6.45, 7) is 0.702. The van der Waals surface area contributed by atoms with Crippen LogP contribution in [0.25, 0.3) is 22.6 Å². The largest absolute Gasteiger partial charge is 0.493 e. The standard InChI is InChI=1S/C27H16F8N2O3/c1-2-39-23-7-14(4-6-19(23)26(30,31)32)16-8-24(40-13-16)22-10-20(27(33,34)35)18(11-36)25(38)37(22)12-15-3-5-17(28)9-21(15)29/h3-10,13H,2,12H2,1H3. The number of hydrogen-bond acceptors (Lipinski definition) is 4. The summed E-state index contributed by atoms with van der Waals surface area (Å²) in [5.74, 6) is -2.86. The molecule has 0 aliphatic heterocycles. The Morgan fingerprint density at radius 1 is 0.925 bits per heavy atom. The average Bonchev–Trinajstić information content (AvgIpc) is 3.35. The van der Waals surface area contributed by atoms with E-state index in [0.717, 1.165) is 42.7 Å². The van der Waals surface area contributed by atoms with Gasteiger partial charge in [0.1, 0.15) is 29.0 Å². The lowest BCUT2D eigenvalue weighted by atomic mass is 10.0. The summed E-state index contributed by atoms with van der Waals surface area (Å²) in [4.78, 5) is 13.0. The van der Waals surface area contributed by atoms with E-state index < -0.39 is 64.2 Å². The summed E-state index contributed by atoms with van der Waals surface area (Å²) in [7, 11) is 0. The molecule has 2 aromatic carbocycles. The first-order valence-electron chi connectivity index (χ1n) is 11.4. The van der Waals surface area contributed by atoms with Crippen LogP contribution in [0.5, 0.6) is 5.75 Å². The van der Waals surface area contributed by atoms with Gasteiger partial charge in [0, 0.05) is 17.2 Å². The van der Waals surface area contributed by atoms with Crippen molar-refractivity contribution in [1.82, 2.24) is 4.57 Å². The molecule has 4 rings (SSSR count). The molecule has 0 saturated heterocycles. The zero-order valence-electron chi connectivity index (χ0n) is 20.3. The zero-order chi connectivity index (χ0) is 29.4. The number of rotatable bonds is 6. The molecule has 13 heteroatoms. The van der Waals surface area contributed by atoms with E-state index in [-0.39, 0.29) is 29.1 Å². The zero-order valence-corrected chi connectivity index (χ0v) is 20.3. The van der Waals surface area contributed by atoms with Gasteiger partial charge in [0.05, 0.1) is 36.2 Å². The molecule has 4 aromatic rings. The minimum Gasteiger partial charge on any atom is -0.493 e. The van der Waals surface area contributed by atoms with Crippen molar-refractivity contribution in [2.45, 2.75) is 25.8 Å². The van der Waals surface area contributed by atoms with E-state index in [9.17, 15) is 45.2 Å². The number of hydrogen-bond donors (Lipinski definition) is 0. The lowest BCUT2D eigenvalue weighted by Gasteiger charge is -2.16. The van der Waals surface area contributed by atoms with Crippen LogP contribution in [0.15, 0.2) is 64.0 Å². The highest BCUT2D eigenvalue weighted by atomic mass is 19.4. The van der Waals surface area contributed by atoms with Crippen molar-refractivity contribution in [2.24, 2.45) is 0 Å². The Balaban J connectivity index is 1.90. The SMILES string of the molecule is CCOc1cc(-c2coc(-c3cc(C(F)(F)F)c(C#N)c(=O)n3Cc3ccc(F)cc3F)c2)ccc1C(F)(F)F. The molecule has 0 saturated carbocycles. The van der Waals surface area contributed by atoms with Crippen LogP contribution in [0.1, 0.15) is 29.2 Å². The number of nitrogens with zero attached hydrogens (tertiary/aromatic N) is 2. The molecule has 2 aromatic heterocycles. The van der Waals surface area contributed by atoms with Crippen LogP contribution in [0.3, 0.4) is 0 Å². The number of pyridine rings is 1. The molecule has 0 aliphatic rings. The Kier molecular flexibility index (Phi) is 7.47. The van der Waals surface area contributed by atoms with Gasteiger partial charge in [-0.3, -0.25) is 9.36 Å². The molecular weight excluding hydrogens is 552 g/mol. The summed E-state index contributed by atoms with van der Waals surface area (Å²) >= 11 is 0. The van der Waals surface area contributed by atoms with Crippen molar-refractivity contribution in [3.05, 3.63) is 99.0 Å². The molecule has 0 N–H and O–H groups in total. The minimum absolute atomic E-state index is 0.0825. The molecule has 0 aliphatic carbocycles. The second-order valence-electron chi connectivity index (χ2n) is 8.40. The van der Waals surface area contributed by atoms with Crippen LogP contribution in [-0.4, -0.2) is 11.2 Å². The maximum Gasteiger partial charge on any atom is 0.419 e. The number of halogens is 8. The number of furan rings is 1. The van der Waals surface area contributed by atoms with Crippen LogP contribution in [0.4, 0.5) is 35.1 Å². The molecule has 0 amide bonds. The highest BCUT2D eigenvalue weighted by Gasteiger charge is 2.37. The van der Waals surface area contributed by atoms with E-state index in [0.29, 0.717) is 16.7 Å². The molecule has 208 valence electrons. The topological polar surface area (TPSA) is 68.2 Å². The Hall–Kier alpha value is -4.60. The summed E-state index contributed by atoms with van der Waals surface area (Å²) in [6, 6.07) is 8.17. The highest BCUT2D eigenvalue weighted by Crippen LogP contribution is 2.40. The van der Waals surface area contributed by atoms with E-state index in [1.165, 1.54) is 13.0 Å². The van der Waals surface area contributed by atoms with Crippen molar-refractivity contribution in [3.63, 3.8) is 0 Å². The number of alkyl halides is 6. The Morgan fingerprint density at radius 2 is 1.62 bits per heavy atom. The molecule has 0 atom stereocenters. The molecule has 0 radical (unpaired) electrons. The van der Waals surface area contributed by atoms with Crippen LogP contribution in [0, 0.1) is 23.0 Å². The normalized spacial score (nSPS) is 11.9. The van der Waals surface area contributed by atoms with E-state index in [4.69, 9.17) is 9.15 Å². The lowest BCUT2D eigenvalue weighted by molar-refractivity contribution is -0.139. The van der Waals surface area contributed by atoms with Crippen LogP contribution < -0.4 is 10.3 Å². The molecule has 40 heavy (non-hydrogen) atoms. The third-order valence-corrected chi connectivity index (χ3v) is 5.83. The second-order valence-corrected chi connectivity index (χ2v) is 8.40. The average molecular weight is 568 g/mol. The van der Waals surface area contributed by atoms with Gasteiger partial charge < -0.3 is 9.15 Å². The number of benzene rings is 2. The van der Waals surface area contributed by atoms with Gasteiger partial charge in [-0.25, -0.2) is 8.78 Å². The fourth-order valence-electron chi connectivity index (χ4n) is 3.99. The summed E-state index contributed by atoms with van der Waals surface area (Å²) in [5.41, 5.74) is -5.80. The predicted octanol–water partition coefficient (Wildman–Crippen LogP) is 7.41. The summed E-state index contributed by atoms with van der Waals surface area (Å²) < 4.78 is 120. The van der Waals surface area contributed by atoms with Crippen LogP contribution in [0.2, 0.25) is 0 Å². The van der Waals surface area contributed by atoms with Crippen molar-refractivity contribution in [1.29, 1.82) is 5.26 Å². The van der Waals surface area contributed by atoms with Crippen molar-refractivity contribution < 1.29 is 44.3 Å². The first-order valence-corrected chi connectivity index (χ1v) is 11.4. The molecule has 2 heterocycles. The van der Waals surface area contributed by atoms with Crippen molar-refractivity contribution >= 4 is 0 Å². The first-order chi connectivity index (χ1) is 18.7. The molecule has 0 bridgehead atoms. The fraction of sp³-hybridized carbons (Fsp3) is 0.185. The molecule has 0 spiro atoms. The van der Waals surface area contributed by atoms with Crippen LogP contribution >= 0.6 is 0 Å². The molecule has 0 unspecified atom stereocenters. The summed E-state index contributed by atoms with van der Waals surface area (Å²) in [6.07, 6.45) is -8.81. The van der Waals surface area contributed by atoms with E-state index in [1.54, 1.807) is 0 Å².